The van der Waals surface area contributed by atoms with Crippen molar-refractivity contribution in [1.29, 1.82) is 0 Å². The fourth-order valence-corrected chi connectivity index (χ4v) is 2.96. The van der Waals surface area contributed by atoms with Crippen molar-refractivity contribution < 1.29 is 14.7 Å². The Morgan fingerprint density at radius 3 is 2.69 bits per heavy atom. The van der Waals surface area contributed by atoms with Gasteiger partial charge < -0.3 is 10.4 Å². The molecule has 1 aromatic heterocycles. The first kappa shape index (κ1) is 11.8. The van der Waals surface area contributed by atoms with Gasteiger partial charge in [-0.1, -0.05) is 0 Å². The third-order valence-electron chi connectivity index (χ3n) is 2.65. The van der Waals surface area contributed by atoms with Crippen LogP contribution in [0.25, 0.3) is 0 Å². The molecule has 0 saturated heterocycles. The number of rotatable bonds is 3. The number of aliphatic carboxylic acids is 1. The first-order chi connectivity index (χ1) is 7.56. The van der Waals surface area contributed by atoms with Gasteiger partial charge in [-0.05, 0) is 41.5 Å². The first-order valence-electron chi connectivity index (χ1n) is 4.84. The predicted molar refractivity (Wildman–Crippen MR) is 68.7 cm³/mol. The Balaban J connectivity index is 1.84. The SMILES string of the molecule is O=C(NC1CC(C(=O)O)C1)c1csc(I)c1. The molecule has 0 spiro atoms. The van der Waals surface area contributed by atoms with Crippen molar-refractivity contribution in [3.8, 4) is 0 Å². The van der Waals surface area contributed by atoms with Gasteiger partial charge >= 0.3 is 5.97 Å². The third kappa shape index (κ3) is 2.54. The number of carboxylic acid groups (broad SMARTS) is 1. The molecule has 0 atom stereocenters. The molecule has 16 heavy (non-hydrogen) atoms. The summed E-state index contributed by atoms with van der Waals surface area (Å²) < 4.78 is 1.07. The molecule has 2 rings (SSSR count). The van der Waals surface area contributed by atoms with E-state index >= 15 is 0 Å². The van der Waals surface area contributed by atoms with Gasteiger partial charge in [0.2, 0.25) is 0 Å². The van der Waals surface area contributed by atoms with Crippen molar-refractivity contribution in [3.05, 3.63) is 19.9 Å². The maximum Gasteiger partial charge on any atom is 0.306 e. The average Bonchev–Trinajstić information content (AvgIpc) is 2.56. The van der Waals surface area contributed by atoms with Gasteiger partial charge in [0.15, 0.2) is 0 Å². The van der Waals surface area contributed by atoms with Crippen LogP contribution in [0.1, 0.15) is 23.2 Å². The normalized spacial score (nSPS) is 23.6. The van der Waals surface area contributed by atoms with E-state index in [1.54, 1.807) is 0 Å². The second kappa shape index (κ2) is 4.70. The Hall–Kier alpha value is -0.630. The Kier molecular flexibility index (Phi) is 3.48. The van der Waals surface area contributed by atoms with Gasteiger partial charge in [0.1, 0.15) is 0 Å². The summed E-state index contributed by atoms with van der Waals surface area (Å²) in [7, 11) is 0. The lowest BCUT2D eigenvalue weighted by atomic mass is 9.80. The van der Waals surface area contributed by atoms with Gasteiger partial charge in [-0.25, -0.2) is 0 Å². The van der Waals surface area contributed by atoms with Crippen LogP contribution in [0, 0.1) is 8.80 Å². The van der Waals surface area contributed by atoms with Crippen LogP contribution in [0.15, 0.2) is 11.4 Å². The van der Waals surface area contributed by atoms with Crippen molar-refractivity contribution in [1.82, 2.24) is 5.32 Å². The van der Waals surface area contributed by atoms with E-state index in [0.717, 1.165) is 2.88 Å². The van der Waals surface area contributed by atoms with Crippen LogP contribution in [0.3, 0.4) is 0 Å². The zero-order valence-electron chi connectivity index (χ0n) is 8.27. The molecule has 1 aliphatic rings. The predicted octanol–water partition coefficient (Wildman–Crippen LogP) is 1.95. The maximum absolute atomic E-state index is 11.7. The highest BCUT2D eigenvalue weighted by atomic mass is 127. The molecule has 2 N–H and O–H groups in total. The van der Waals surface area contributed by atoms with Gasteiger partial charge in [0.25, 0.3) is 5.91 Å². The molecule has 1 aliphatic carbocycles. The number of halogens is 1. The molecule has 0 bridgehead atoms. The van der Waals surface area contributed by atoms with Crippen LogP contribution in [0.4, 0.5) is 0 Å². The van der Waals surface area contributed by atoms with E-state index in [1.807, 2.05) is 11.4 Å². The van der Waals surface area contributed by atoms with Crippen LogP contribution in [0.5, 0.6) is 0 Å². The number of amides is 1. The molecule has 86 valence electrons. The molecule has 0 radical (unpaired) electrons. The molecule has 0 aromatic carbocycles. The van der Waals surface area contributed by atoms with E-state index in [0.29, 0.717) is 18.4 Å². The lowest BCUT2D eigenvalue weighted by Gasteiger charge is -2.32. The Bertz CT molecular complexity index is 425. The van der Waals surface area contributed by atoms with Crippen molar-refractivity contribution in [3.63, 3.8) is 0 Å². The molecule has 1 fully saturated rings. The fourth-order valence-electron chi connectivity index (χ4n) is 1.64. The van der Waals surface area contributed by atoms with Gasteiger partial charge in [0, 0.05) is 11.4 Å². The Morgan fingerprint density at radius 2 is 2.19 bits per heavy atom. The molecule has 1 heterocycles. The Morgan fingerprint density at radius 1 is 1.50 bits per heavy atom. The second-order valence-corrected chi connectivity index (χ2v) is 6.62. The van der Waals surface area contributed by atoms with Gasteiger partial charge in [-0.15, -0.1) is 11.3 Å². The van der Waals surface area contributed by atoms with Crippen molar-refractivity contribution in [2.24, 2.45) is 5.92 Å². The summed E-state index contributed by atoms with van der Waals surface area (Å²) in [5.74, 6) is -1.16. The highest BCUT2D eigenvalue weighted by Gasteiger charge is 2.35. The van der Waals surface area contributed by atoms with Crippen molar-refractivity contribution in [2.45, 2.75) is 18.9 Å². The monoisotopic (exact) mass is 351 g/mol. The molecule has 6 heteroatoms. The van der Waals surface area contributed by atoms with E-state index in [2.05, 4.69) is 27.9 Å². The van der Waals surface area contributed by atoms with Crippen LogP contribution in [-0.4, -0.2) is 23.0 Å². The van der Waals surface area contributed by atoms with Gasteiger partial charge in [-0.2, -0.15) is 0 Å². The fraction of sp³-hybridized carbons (Fsp3) is 0.400. The number of hydrogen-bond donors (Lipinski definition) is 2. The number of carbonyl (C=O) groups excluding carboxylic acids is 1. The molecular weight excluding hydrogens is 341 g/mol. The molecule has 0 aliphatic heterocycles. The summed E-state index contributed by atoms with van der Waals surface area (Å²) in [6.45, 7) is 0. The highest BCUT2D eigenvalue weighted by molar-refractivity contribution is 14.1. The lowest BCUT2D eigenvalue weighted by molar-refractivity contribution is -0.145. The standard InChI is InChI=1S/C10H10INO3S/c11-8-3-6(4-16-8)9(13)12-7-1-5(2-7)10(14)15/h3-5,7H,1-2H2,(H,12,13)(H,14,15). The number of nitrogens with one attached hydrogen (secondary N) is 1. The quantitative estimate of drug-likeness (QED) is 0.818. The zero-order chi connectivity index (χ0) is 11.7. The van der Waals surface area contributed by atoms with E-state index in [9.17, 15) is 9.59 Å². The largest absolute Gasteiger partial charge is 0.481 e. The Labute approximate surface area is 110 Å². The number of carbonyl (C=O) groups is 2. The van der Waals surface area contributed by atoms with Crippen LogP contribution >= 0.6 is 33.9 Å². The average molecular weight is 351 g/mol. The van der Waals surface area contributed by atoms with Gasteiger partial charge in [0.05, 0.1) is 14.4 Å². The van der Waals surface area contributed by atoms with Crippen LogP contribution in [-0.2, 0) is 4.79 Å². The van der Waals surface area contributed by atoms with E-state index in [4.69, 9.17) is 5.11 Å². The summed E-state index contributed by atoms with van der Waals surface area (Å²) in [5.41, 5.74) is 0.660. The molecule has 1 amide bonds. The summed E-state index contributed by atoms with van der Waals surface area (Å²) in [5, 5.41) is 13.3. The third-order valence-corrected chi connectivity index (χ3v) is 4.44. The van der Waals surface area contributed by atoms with Crippen molar-refractivity contribution in [2.75, 3.05) is 0 Å². The number of carboxylic acids is 1. The van der Waals surface area contributed by atoms with E-state index in [1.165, 1.54) is 11.3 Å². The van der Waals surface area contributed by atoms with Crippen LogP contribution < -0.4 is 5.32 Å². The minimum absolute atomic E-state index is 0.0196. The van der Waals surface area contributed by atoms with E-state index in [-0.39, 0.29) is 17.9 Å². The highest BCUT2D eigenvalue weighted by Crippen LogP contribution is 2.28. The smallest absolute Gasteiger partial charge is 0.306 e. The first-order valence-corrected chi connectivity index (χ1v) is 6.80. The molecule has 1 saturated carbocycles. The van der Waals surface area contributed by atoms with E-state index < -0.39 is 5.97 Å². The number of thiophene rings is 1. The maximum atomic E-state index is 11.7. The lowest BCUT2D eigenvalue weighted by Crippen LogP contribution is -2.46. The van der Waals surface area contributed by atoms with Crippen LogP contribution in [0.2, 0.25) is 0 Å². The molecule has 4 nitrogen and oxygen atoms in total. The number of hydrogen-bond acceptors (Lipinski definition) is 3. The molecular formula is C10H10INO3S. The minimum Gasteiger partial charge on any atom is -0.481 e. The van der Waals surface area contributed by atoms with Gasteiger partial charge in [-0.3, -0.25) is 9.59 Å². The summed E-state index contributed by atoms with van der Waals surface area (Å²) >= 11 is 3.69. The summed E-state index contributed by atoms with van der Waals surface area (Å²) in [6.07, 6.45) is 1.09. The minimum atomic E-state index is -0.768. The van der Waals surface area contributed by atoms with Crippen molar-refractivity contribution >= 4 is 45.8 Å². The molecule has 0 unspecified atom stereocenters. The summed E-state index contributed by atoms with van der Waals surface area (Å²) in [4.78, 5) is 22.3. The zero-order valence-corrected chi connectivity index (χ0v) is 11.2. The molecule has 1 aromatic rings. The second-order valence-electron chi connectivity index (χ2n) is 3.82. The summed E-state index contributed by atoms with van der Waals surface area (Å²) in [6, 6.07) is 1.85. The topological polar surface area (TPSA) is 66.4 Å².